The fourth-order valence-electron chi connectivity index (χ4n) is 2.31. The molecule has 2 N–H and O–H groups in total. The van der Waals surface area contributed by atoms with Crippen molar-refractivity contribution in [2.45, 2.75) is 13.3 Å². The van der Waals surface area contributed by atoms with E-state index in [9.17, 15) is 0 Å². The third-order valence-electron chi connectivity index (χ3n) is 3.36. The molecule has 1 aliphatic heterocycles. The largest absolute Gasteiger partial charge is 0.494 e. The van der Waals surface area contributed by atoms with Crippen LogP contribution >= 0.6 is 0 Å². The molecular formula is C15H25N3O. The van der Waals surface area contributed by atoms with E-state index in [0.717, 1.165) is 32.0 Å². The van der Waals surface area contributed by atoms with Crippen LogP contribution < -0.4 is 15.4 Å². The molecule has 0 saturated carbocycles. The van der Waals surface area contributed by atoms with Gasteiger partial charge in [0.25, 0.3) is 0 Å². The fourth-order valence-corrected chi connectivity index (χ4v) is 2.31. The van der Waals surface area contributed by atoms with Crippen LogP contribution in [0.5, 0.6) is 5.75 Å². The van der Waals surface area contributed by atoms with Gasteiger partial charge in [0.05, 0.1) is 6.61 Å². The van der Waals surface area contributed by atoms with E-state index < -0.39 is 0 Å². The Morgan fingerprint density at radius 1 is 1.21 bits per heavy atom. The number of nitrogens with one attached hydrogen (secondary N) is 2. The summed E-state index contributed by atoms with van der Waals surface area (Å²) < 4.78 is 5.43. The first-order valence-electron chi connectivity index (χ1n) is 7.28. The van der Waals surface area contributed by atoms with E-state index in [2.05, 4.69) is 27.7 Å². The Hall–Kier alpha value is -1.26. The van der Waals surface area contributed by atoms with Gasteiger partial charge < -0.3 is 20.3 Å². The van der Waals surface area contributed by atoms with Crippen LogP contribution in [0.1, 0.15) is 13.3 Å². The molecule has 2 rings (SSSR count). The molecule has 0 unspecified atom stereocenters. The maximum absolute atomic E-state index is 5.43. The average Bonchev–Trinajstić information content (AvgIpc) is 2.47. The molecule has 0 atom stereocenters. The molecule has 0 bridgehead atoms. The second-order valence-electron chi connectivity index (χ2n) is 4.83. The average molecular weight is 263 g/mol. The van der Waals surface area contributed by atoms with E-state index in [0.29, 0.717) is 0 Å². The van der Waals surface area contributed by atoms with Gasteiger partial charge in [0.2, 0.25) is 0 Å². The SMILES string of the molecule is CCOc1ccc(NCCCN2CCNCC2)cc1. The highest BCUT2D eigenvalue weighted by molar-refractivity contribution is 5.46. The zero-order valence-corrected chi connectivity index (χ0v) is 11.8. The van der Waals surface area contributed by atoms with Gasteiger partial charge >= 0.3 is 0 Å². The summed E-state index contributed by atoms with van der Waals surface area (Å²) >= 11 is 0. The maximum atomic E-state index is 5.43. The van der Waals surface area contributed by atoms with Crippen molar-refractivity contribution in [1.82, 2.24) is 10.2 Å². The molecule has 0 radical (unpaired) electrons. The topological polar surface area (TPSA) is 36.5 Å². The molecule has 1 heterocycles. The van der Waals surface area contributed by atoms with Gasteiger partial charge in [-0.1, -0.05) is 0 Å². The molecule has 0 amide bonds. The summed E-state index contributed by atoms with van der Waals surface area (Å²) in [7, 11) is 0. The van der Waals surface area contributed by atoms with Crippen LogP contribution in [0.15, 0.2) is 24.3 Å². The van der Waals surface area contributed by atoms with Crippen LogP contribution in [0.25, 0.3) is 0 Å². The molecular weight excluding hydrogens is 238 g/mol. The standard InChI is InChI=1S/C15H25N3O/c1-2-19-15-6-4-14(5-7-15)17-8-3-11-18-12-9-16-10-13-18/h4-7,16-17H,2-3,8-13H2,1H3. The van der Waals surface area contributed by atoms with E-state index in [1.165, 1.54) is 31.7 Å². The lowest BCUT2D eigenvalue weighted by molar-refractivity contribution is 0.240. The first-order valence-corrected chi connectivity index (χ1v) is 7.28. The van der Waals surface area contributed by atoms with Gasteiger partial charge in [-0.15, -0.1) is 0 Å². The normalized spacial score (nSPS) is 16.3. The summed E-state index contributed by atoms with van der Waals surface area (Å²) in [5.74, 6) is 0.939. The molecule has 0 aromatic heterocycles. The molecule has 1 aromatic carbocycles. The monoisotopic (exact) mass is 263 g/mol. The van der Waals surface area contributed by atoms with Crippen molar-refractivity contribution in [3.05, 3.63) is 24.3 Å². The van der Waals surface area contributed by atoms with Crippen LogP contribution in [0, 0.1) is 0 Å². The van der Waals surface area contributed by atoms with Crippen LogP contribution in [-0.4, -0.2) is 50.8 Å². The van der Waals surface area contributed by atoms with Gasteiger partial charge in [-0.2, -0.15) is 0 Å². The number of hydrogen-bond donors (Lipinski definition) is 2. The van der Waals surface area contributed by atoms with E-state index in [4.69, 9.17) is 4.74 Å². The Balaban J connectivity index is 1.62. The lowest BCUT2D eigenvalue weighted by atomic mass is 10.3. The van der Waals surface area contributed by atoms with Crippen LogP contribution in [0.3, 0.4) is 0 Å². The van der Waals surface area contributed by atoms with Crippen LogP contribution in [-0.2, 0) is 0 Å². The smallest absolute Gasteiger partial charge is 0.119 e. The molecule has 1 saturated heterocycles. The second-order valence-corrected chi connectivity index (χ2v) is 4.83. The minimum absolute atomic E-state index is 0.720. The third-order valence-corrected chi connectivity index (χ3v) is 3.36. The number of piperazine rings is 1. The second kappa shape index (κ2) is 8.02. The van der Waals surface area contributed by atoms with Crippen molar-refractivity contribution in [2.24, 2.45) is 0 Å². The van der Waals surface area contributed by atoms with Crippen molar-refractivity contribution in [1.29, 1.82) is 0 Å². The van der Waals surface area contributed by atoms with Gasteiger partial charge in [-0.05, 0) is 44.2 Å². The summed E-state index contributed by atoms with van der Waals surface area (Å²) in [5, 5.41) is 6.83. The van der Waals surface area contributed by atoms with E-state index >= 15 is 0 Å². The van der Waals surface area contributed by atoms with E-state index in [-0.39, 0.29) is 0 Å². The predicted octanol–water partition coefficient (Wildman–Crippen LogP) is 1.79. The Labute approximate surface area is 116 Å². The molecule has 1 fully saturated rings. The maximum Gasteiger partial charge on any atom is 0.119 e. The third kappa shape index (κ3) is 5.09. The van der Waals surface area contributed by atoms with Gasteiger partial charge in [-0.3, -0.25) is 0 Å². The first-order chi connectivity index (χ1) is 9.38. The molecule has 0 aliphatic carbocycles. The van der Waals surface area contributed by atoms with E-state index in [1.54, 1.807) is 0 Å². The molecule has 0 spiro atoms. The van der Waals surface area contributed by atoms with Gasteiger partial charge in [0.1, 0.15) is 5.75 Å². The number of anilines is 1. The van der Waals surface area contributed by atoms with Crippen molar-refractivity contribution >= 4 is 5.69 Å². The molecule has 1 aromatic rings. The highest BCUT2D eigenvalue weighted by Crippen LogP contribution is 2.15. The lowest BCUT2D eigenvalue weighted by Gasteiger charge is -2.27. The minimum Gasteiger partial charge on any atom is -0.494 e. The summed E-state index contributed by atoms with van der Waals surface area (Å²) in [6, 6.07) is 8.19. The quantitative estimate of drug-likeness (QED) is 0.735. The number of hydrogen-bond acceptors (Lipinski definition) is 4. The van der Waals surface area contributed by atoms with E-state index in [1.807, 2.05) is 19.1 Å². The van der Waals surface area contributed by atoms with Crippen molar-refractivity contribution in [3.63, 3.8) is 0 Å². The first kappa shape index (κ1) is 14.2. The van der Waals surface area contributed by atoms with Crippen molar-refractivity contribution in [2.75, 3.05) is 51.2 Å². The summed E-state index contributed by atoms with van der Waals surface area (Å²) in [6.07, 6.45) is 1.19. The molecule has 4 heteroatoms. The minimum atomic E-state index is 0.720. The van der Waals surface area contributed by atoms with Gasteiger partial charge in [0.15, 0.2) is 0 Å². The number of nitrogens with zero attached hydrogens (tertiary/aromatic N) is 1. The van der Waals surface area contributed by atoms with Crippen LogP contribution in [0.2, 0.25) is 0 Å². The predicted molar refractivity (Wildman–Crippen MR) is 80.0 cm³/mol. The highest BCUT2D eigenvalue weighted by atomic mass is 16.5. The molecule has 106 valence electrons. The van der Waals surface area contributed by atoms with Crippen molar-refractivity contribution in [3.8, 4) is 5.75 Å². The Morgan fingerprint density at radius 3 is 2.63 bits per heavy atom. The Kier molecular flexibility index (Phi) is 5.98. The van der Waals surface area contributed by atoms with Crippen molar-refractivity contribution < 1.29 is 4.74 Å². The molecule has 1 aliphatic rings. The summed E-state index contributed by atoms with van der Waals surface area (Å²) in [5.41, 5.74) is 1.17. The highest BCUT2D eigenvalue weighted by Gasteiger charge is 2.07. The van der Waals surface area contributed by atoms with Gasteiger partial charge in [-0.25, -0.2) is 0 Å². The Morgan fingerprint density at radius 2 is 1.95 bits per heavy atom. The molecule has 4 nitrogen and oxygen atoms in total. The summed E-state index contributed by atoms with van der Waals surface area (Å²) in [4.78, 5) is 2.52. The Bertz CT molecular complexity index is 347. The van der Waals surface area contributed by atoms with Gasteiger partial charge in [0, 0.05) is 38.4 Å². The lowest BCUT2D eigenvalue weighted by Crippen LogP contribution is -2.44. The zero-order chi connectivity index (χ0) is 13.3. The molecule has 19 heavy (non-hydrogen) atoms. The number of ether oxygens (including phenoxy) is 1. The number of benzene rings is 1. The number of rotatable bonds is 7. The summed E-state index contributed by atoms with van der Waals surface area (Å²) in [6.45, 7) is 9.56. The fraction of sp³-hybridized carbons (Fsp3) is 0.600. The van der Waals surface area contributed by atoms with Crippen LogP contribution in [0.4, 0.5) is 5.69 Å². The zero-order valence-electron chi connectivity index (χ0n) is 11.8.